The minimum absolute atomic E-state index is 0.0550. The van der Waals surface area contributed by atoms with Gasteiger partial charge in [-0.1, -0.05) is 46.3 Å². The maximum Gasteiger partial charge on any atom is 0.253 e. The second kappa shape index (κ2) is 11.0. The van der Waals surface area contributed by atoms with Crippen molar-refractivity contribution < 1.29 is 13.2 Å². The fourth-order valence-electron chi connectivity index (χ4n) is 3.49. The van der Waals surface area contributed by atoms with E-state index in [4.69, 9.17) is 0 Å². The number of carbonyl (C=O) groups excluding carboxylic acids is 1. The number of nitrogens with zero attached hydrogens (tertiary/aromatic N) is 2. The third-order valence-electron chi connectivity index (χ3n) is 5.20. The number of benzene rings is 2. The number of halogens is 1. The summed E-state index contributed by atoms with van der Waals surface area (Å²) in [6, 6.07) is 17.3. The molecular formula is C22H28BrN3O3S. The van der Waals surface area contributed by atoms with E-state index in [9.17, 15) is 13.2 Å². The lowest BCUT2D eigenvalue weighted by Crippen LogP contribution is -2.48. The van der Waals surface area contributed by atoms with Crippen molar-refractivity contribution in [2.24, 2.45) is 0 Å². The Labute approximate surface area is 187 Å². The summed E-state index contributed by atoms with van der Waals surface area (Å²) in [7, 11) is -3.39. The van der Waals surface area contributed by atoms with Crippen LogP contribution in [0, 0.1) is 0 Å². The molecule has 1 N–H and O–H groups in total. The molecule has 1 fully saturated rings. The van der Waals surface area contributed by atoms with Crippen LogP contribution >= 0.6 is 15.9 Å². The van der Waals surface area contributed by atoms with Crippen LogP contribution in [0.2, 0.25) is 0 Å². The number of rotatable bonds is 9. The third-order valence-corrected chi connectivity index (χ3v) is 7.58. The van der Waals surface area contributed by atoms with Crippen LogP contribution in [0.5, 0.6) is 0 Å². The number of carbonyl (C=O) groups is 1. The van der Waals surface area contributed by atoms with Gasteiger partial charge in [-0.2, -0.15) is 4.31 Å². The fraction of sp³-hybridized carbons (Fsp3) is 0.409. The lowest BCUT2D eigenvalue weighted by atomic mass is 10.1. The molecule has 0 unspecified atom stereocenters. The van der Waals surface area contributed by atoms with Crippen LogP contribution in [-0.4, -0.2) is 68.6 Å². The molecule has 162 valence electrons. The highest BCUT2D eigenvalue weighted by atomic mass is 79.9. The first-order valence-corrected chi connectivity index (χ1v) is 12.6. The molecule has 1 aliphatic heterocycles. The molecule has 1 aliphatic rings. The third kappa shape index (κ3) is 6.63. The van der Waals surface area contributed by atoms with Crippen LogP contribution in [0.25, 0.3) is 0 Å². The summed E-state index contributed by atoms with van der Waals surface area (Å²) in [4.78, 5) is 14.8. The van der Waals surface area contributed by atoms with Gasteiger partial charge in [-0.25, -0.2) is 8.42 Å². The van der Waals surface area contributed by atoms with Crippen molar-refractivity contribution in [1.29, 1.82) is 0 Å². The number of aryl methyl sites for hydroxylation is 1. The molecule has 0 aliphatic carbocycles. The monoisotopic (exact) mass is 493 g/mol. The summed E-state index contributed by atoms with van der Waals surface area (Å²) in [6.45, 7) is 3.00. The first kappa shape index (κ1) is 22.9. The average molecular weight is 494 g/mol. The van der Waals surface area contributed by atoms with Crippen LogP contribution in [0.3, 0.4) is 0 Å². The standard InChI is InChI=1S/C22H28BrN3O3S/c23-21-10-8-20(9-11-21)22(27)25(14-4-7-19-5-2-1-3-6-19)17-18-30(28,29)26-15-12-24-13-16-26/h1-3,5-6,8-11,24H,4,7,12-18H2. The lowest BCUT2D eigenvalue weighted by molar-refractivity contribution is 0.0763. The Kier molecular flexibility index (Phi) is 8.44. The van der Waals surface area contributed by atoms with E-state index in [-0.39, 0.29) is 18.2 Å². The molecule has 1 heterocycles. The number of piperazine rings is 1. The fourth-order valence-corrected chi connectivity index (χ4v) is 5.20. The molecule has 6 nitrogen and oxygen atoms in total. The van der Waals surface area contributed by atoms with E-state index in [0.29, 0.717) is 38.3 Å². The zero-order chi connectivity index (χ0) is 21.4. The Morgan fingerprint density at radius 2 is 1.67 bits per heavy atom. The summed E-state index contributed by atoms with van der Waals surface area (Å²) in [5, 5.41) is 3.16. The van der Waals surface area contributed by atoms with E-state index in [2.05, 4.69) is 33.4 Å². The molecule has 30 heavy (non-hydrogen) atoms. The topological polar surface area (TPSA) is 69.7 Å². The second-order valence-corrected chi connectivity index (χ2v) is 10.4. The van der Waals surface area contributed by atoms with E-state index >= 15 is 0 Å². The van der Waals surface area contributed by atoms with E-state index < -0.39 is 10.0 Å². The predicted octanol–water partition coefficient (Wildman–Crippen LogP) is 2.76. The van der Waals surface area contributed by atoms with Crippen molar-refractivity contribution in [3.8, 4) is 0 Å². The van der Waals surface area contributed by atoms with E-state index in [1.807, 2.05) is 30.3 Å². The van der Waals surface area contributed by atoms with Crippen LogP contribution in [0.15, 0.2) is 59.1 Å². The molecule has 3 rings (SSSR count). The molecule has 0 aromatic heterocycles. The number of sulfonamides is 1. The van der Waals surface area contributed by atoms with Gasteiger partial charge in [0.1, 0.15) is 0 Å². The van der Waals surface area contributed by atoms with Gasteiger partial charge in [0.25, 0.3) is 5.91 Å². The minimum Gasteiger partial charge on any atom is -0.338 e. The van der Waals surface area contributed by atoms with Gasteiger partial charge in [-0.15, -0.1) is 0 Å². The quantitative estimate of drug-likeness (QED) is 0.582. The van der Waals surface area contributed by atoms with Gasteiger partial charge in [-0.05, 0) is 42.7 Å². The molecule has 0 bridgehead atoms. The van der Waals surface area contributed by atoms with E-state index in [1.54, 1.807) is 17.0 Å². The van der Waals surface area contributed by atoms with Gasteiger partial charge in [0.15, 0.2) is 0 Å². The van der Waals surface area contributed by atoms with Crippen molar-refractivity contribution in [2.45, 2.75) is 12.8 Å². The van der Waals surface area contributed by atoms with Crippen molar-refractivity contribution in [3.05, 3.63) is 70.2 Å². The Morgan fingerprint density at radius 3 is 2.33 bits per heavy atom. The molecule has 2 aromatic carbocycles. The number of hydrogen-bond donors (Lipinski definition) is 1. The molecule has 0 spiro atoms. The highest BCUT2D eigenvalue weighted by Gasteiger charge is 2.25. The molecule has 1 saturated heterocycles. The van der Waals surface area contributed by atoms with Crippen molar-refractivity contribution >= 4 is 31.9 Å². The highest BCUT2D eigenvalue weighted by molar-refractivity contribution is 9.10. The number of nitrogens with one attached hydrogen (secondary N) is 1. The highest BCUT2D eigenvalue weighted by Crippen LogP contribution is 2.14. The molecular weight excluding hydrogens is 466 g/mol. The first-order chi connectivity index (χ1) is 14.5. The Morgan fingerprint density at radius 1 is 1.00 bits per heavy atom. The Hall–Kier alpha value is -1.74. The van der Waals surface area contributed by atoms with Crippen LogP contribution in [0.4, 0.5) is 0 Å². The van der Waals surface area contributed by atoms with Gasteiger partial charge in [0.2, 0.25) is 10.0 Å². The Balaban J connectivity index is 1.66. The van der Waals surface area contributed by atoms with Gasteiger partial charge < -0.3 is 10.2 Å². The predicted molar refractivity (Wildman–Crippen MR) is 123 cm³/mol. The van der Waals surface area contributed by atoms with E-state index in [1.165, 1.54) is 9.87 Å². The molecule has 2 aromatic rings. The largest absolute Gasteiger partial charge is 0.338 e. The maximum absolute atomic E-state index is 13.1. The summed E-state index contributed by atoms with van der Waals surface area (Å²) < 4.78 is 27.9. The van der Waals surface area contributed by atoms with Crippen LogP contribution in [-0.2, 0) is 16.4 Å². The minimum atomic E-state index is -3.39. The molecule has 1 amide bonds. The van der Waals surface area contributed by atoms with Gasteiger partial charge in [-0.3, -0.25) is 4.79 Å². The van der Waals surface area contributed by atoms with Crippen LogP contribution in [0.1, 0.15) is 22.3 Å². The summed E-state index contributed by atoms with van der Waals surface area (Å²) >= 11 is 3.39. The summed E-state index contributed by atoms with van der Waals surface area (Å²) in [5.74, 6) is -0.188. The van der Waals surface area contributed by atoms with Gasteiger partial charge in [0.05, 0.1) is 5.75 Å². The van der Waals surface area contributed by atoms with Crippen molar-refractivity contribution in [3.63, 3.8) is 0 Å². The molecule has 0 radical (unpaired) electrons. The molecule has 0 saturated carbocycles. The normalized spacial score (nSPS) is 15.1. The average Bonchev–Trinajstić information content (AvgIpc) is 2.77. The van der Waals surface area contributed by atoms with Crippen molar-refractivity contribution in [1.82, 2.24) is 14.5 Å². The Bertz CT molecular complexity index is 914. The second-order valence-electron chi connectivity index (χ2n) is 7.35. The SMILES string of the molecule is O=C(c1ccc(Br)cc1)N(CCCc1ccccc1)CCS(=O)(=O)N1CCNCC1. The zero-order valence-corrected chi connectivity index (χ0v) is 19.4. The zero-order valence-electron chi connectivity index (χ0n) is 17.0. The van der Waals surface area contributed by atoms with Gasteiger partial charge in [0, 0.05) is 49.3 Å². The number of amides is 1. The summed E-state index contributed by atoms with van der Waals surface area (Å²) in [5.41, 5.74) is 1.78. The van der Waals surface area contributed by atoms with Gasteiger partial charge >= 0.3 is 0 Å². The molecule has 8 heteroatoms. The first-order valence-electron chi connectivity index (χ1n) is 10.2. The van der Waals surface area contributed by atoms with E-state index in [0.717, 1.165) is 17.3 Å². The number of hydrogen-bond acceptors (Lipinski definition) is 4. The van der Waals surface area contributed by atoms with Crippen molar-refractivity contribution in [2.75, 3.05) is 45.0 Å². The smallest absolute Gasteiger partial charge is 0.253 e. The molecule has 0 atom stereocenters. The lowest BCUT2D eigenvalue weighted by Gasteiger charge is -2.28. The maximum atomic E-state index is 13.1. The summed E-state index contributed by atoms with van der Waals surface area (Å²) in [6.07, 6.45) is 1.62. The van der Waals surface area contributed by atoms with Crippen LogP contribution < -0.4 is 5.32 Å².